The van der Waals surface area contributed by atoms with E-state index in [1.165, 1.54) is 24.3 Å². The molecule has 0 saturated heterocycles. The third-order valence-electron chi connectivity index (χ3n) is 2.64. The summed E-state index contributed by atoms with van der Waals surface area (Å²) in [5.74, 6) is -0.522. The van der Waals surface area contributed by atoms with Crippen LogP contribution >= 0.6 is 34.8 Å². The van der Waals surface area contributed by atoms with Gasteiger partial charge >= 0.3 is 0 Å². The van der Waals surface area contributed by atoms with E-state index < -0.39 is 5.91 Å². The fourth-order valence-corrected chi connectivity index (χ4v) is 2.24. The molecule has 3 N–H and O–H groups in total. The average molecular weight is 341 g/mol. The van der Waals surface area contributed by atoms with Gasteiger partial charge in [-0.2, -0.15) is 5.26 Å². The van der Waals surface area contributed by atoms with Crippen LogP contribution in [0.25, 0.3) is 0 Å². The van der Waals surface area contributed by atoms with Crippen molar-refractivity contribution in [2.75, 3.05) is 11.1 Å². The van der Waals surface area contributed by atoms with Crippen LogP contribution in [0.4, 0.5) is 11.4 Å². The van der Waals surface area contributed by atoms with Crippen molar-refractivity contribution >= 4 is 52.1 Å². The summed E-state index contributed by atoms with van der Waals surface area (Å²) in [6.07, 6.45) is 0. The molecule has 0 aromatic heterocycles. The second-order valence-electron chi connectivity index (χ2n) is 4.12. The first-order valence-electron chi connectivity index (χ1n) is 5.68. The summed E-state index contributed by atoms with van der Waals surface area (Å²) < 4.78 is 0. The number of nitrogens with two attached hydrogens (primary N) is 1. The highest BCUT2D eigenvalue weighted by molar-refractivity contribution is 6.44. The Bertz CT molecular complexity index is 769. The van der Waals surface area contributed by atoms with Crippen molar-refractivity contribution in [3.05, 3.63) is 56.5 Å². The molecule has 0 saturated carbocycles. The van der Waals surface area contributed by atoms with Crippen LogP contribution in [0.5, 0.6) is 0 Å². The molecular weight excluding hydrogens is 333 g/mol. The van der Waals surface area contributed by atoms with Gasteiger partial charge in [0.15, 0.2) is 0 Å². The van der Waals surface area contributed by atoms with Gasteiger partial charge < -0.3 is 11.1 Å². The minimum Gasteiger partial charge on any atom is -0.399 e. The number of nitrogens with one attached hydrogen (secondary N) is 1. The molecule has 106 valence electrons. The topological polar surface area (TPSA) is 78.9 Å². The quantitative estimate of drug-likeness (QED) is 0.797. The maximum Gasteiger partial charge on any atom is 0.257 e. The van der Waals surface area contributed by atoms with Crippen LogP contribution in [0.3, 0.4) is 0 Å². The Balaban J connectivity index is 2.37. The number of anilines is 2. The number of rotatable bonds is 2. The van der Waals surface area contributed by atoms with Crippen LogP contribution in [-0.2, 0) is 0 Å². The molecule has 0 aliphatic carbocycles. The molecule has 1 amide bonds. The number of nitriles is 1. The van der Waals surface area contributed by atoms with E-state index in [9.17, 15) is 4.79 Å². The van der Waals surface area contributed by atoms with E-state index in [0.29, 0.717) is 22.0 Å². The van der Waals surface area contributed by atoms with E-state index in [1.54, 1.807) is 6.07 Å². The van der Waals surface area contributed by atoms with Gasteiger partial charge in [-0.3, -0.25) is 4.79 Å². The molecule has 0 radical (unpaired) electrons. The SMILES string of the molecule is N#Cc1ccc(Cl)c(NC(=O)c2cc(N)cc(Cl)c2Cl)c1. The van der Waals surface area contributed by atoms with Crippen molar-refractivity contribution in [3.63, 3.8) is 0 Å². The molecule has 0 aliphatic heterocycles. The van der Waals surface area contributed by atoms with Gasteiger partial charge in [-0.05, 0) is 30.3 Å². The van der Waals surface area contributed by atoms with E-state index in [4.69, 9.17) is 45.8 Å². The molecule has 2 rings (SSSR count). The lowest BCUT2D eigenvalue weighted by atomic mass is 10.1. The summed E-state index contributed by atoms with van der Waals surface area (Å²) in [5, 5.41) is 12.0. The van der Waals surface area contributed by atoms with Crippen molar-refractivity contribution in [2.45, 2.75) is 0 Å². The van der Waals surface area contributed by atoms with Crippen molar-refractivity contribution in [1.82, 2.24) is 0 Å². The van der Waals surface area contributed by atoms with Gasteiger partial charge in [-0.25, -0.2) is 0 Å². The molecular formula is C14H8Cl3N3O. The normalized spacial score (nSPS) is 10.0. The molecule has 7 heteroatoms. The summed E-state index contributed by atoms with van der Waals surface area (Å²) in [4.78, 5) is 12.2. The Morgan fingerprint density at radius 2 is 1.86 bits per heavy atom. The Morgan fingerprint density at radius 1 is 1.14 bits per heavy atom. The van der Waals surface area contributed by atoms with E-state index in [1.807, 2.05) is 6.07 Å². The molecule has 0 fully saturated rings. The third kappa shape index (κ3) is 3.40. The number of benzene rings is 2. The zero-order valence-electron chi connectivity index (χ0n) is 10.5. The smallest absolute Gasteiger partial charge is 0.257 e. The standard InChI is InChI=1S/C14H8Cl3N3O/c15-10-2-1-7(6-18)3-12(10)20-14(21)9-4-8(19)5-11(16)13(9)17/h1-5H,19H2,(H,20,21). The Labute approximate surface area is 136 Å². The minimum absolute atomic E-state index is 0.0935. The highest BCUT2D eigenvalue weighted by Gasteiger charge is 2.15. The maximum atomic E-state index is 12.2. The minimum atomic E-state index is -0.522. The summed E-state index contributed by atoms with van der Waals surface area (Å²) in [5.41, 5.74) is 6.75. The lowest BCUT2D eigenvalue weighted by molar-refractivity contribution is 0.102. The second kappa shape index (κ2) is 6.23. The van der Waals surface area contributed by atoms with E-state index >= 15 is 0 Å². The zero-order valence-corrected chi connectivity index (χ0v) is 12.7. The van der Waals surface area contributed by atoms with Gasteiger partial charge in [0.05, 0.1) is 38.0 Å². The number of nitrogen functional groups attached to an aromatic ring is 1. The first-order valence-corrected chi connectivity index (χ1v) is 6.81. The Kier molecular flexibility index (Phi) is 4.59. The summed E-state index contributed by atoms with van der Waals surface area (Å²) in [7, 11) is 0. The van der Waals surface area contributed by atoms with Crippen molar-refractivity contribution < 1.29 is 4.79 Å². The summed E-state index contributed by atoms with van der Waals surface area (Å²) >= 11 is 17.9. The largest absolute Gasteiger partial charge is 0.399 e. The molecule has 21 heavy (non-hydrogen) atoms. The maximum absolute atomic E-state index is 12.2. The van der Waals surface area contributed by atoms with E-state index in [2.05, 4.69) is 5.32 Å². The van der Waals surface area contributed by atoms with Crippen LogP contribution in [0, 0.1) is 11.3 Å². The number of amides is 1. The first kappa shape index (κ1) is 15.5. The van der Waals surface area contributed by atoms with E-state index in [0.717, 1.165) is 0 Å². The summed E-state index contributed by atoms with van der Waals surface area (Å²) in [6.45, 7) is 0. The van der Waals surface area contributed by atoms with Crippen LogP contribution in [-0.4, -0.2) is 5.91 Å². The van der Waals surface area contributed by atoms with Gasteiger partial charge in [0.25, 0.3) is 5.91 Å². The molecule has 4 nitrogen and oxygen atoms in total. The third-order valence-corrected chi connectivity index (χ3v) is 3.77. The molecule has 2 aromatic rings. The van der Waals surface area contributed by atoms with Gasteiger partial charge in [0.2, 0.25) is 0 Å². The molecule has 0 unspecified atom stereocenters. The van der Waals surface area contributed by atoms with Crippen LogP contribution in [0.15, 0.2) is 30.3 Å². The summed E-state index contributed by atoms with van der Waals surface area (Å²) in [6, 6.07) is 9.34. The van der Waals surface area contributed by atoms with Crippen LogP contribution in [0.1, 0.15) is 15.9 Å². The van der Waals surface area contributed by atoms with Crippen LogP contribution < -0.4 is 11.1 Å². The fourth-order valence-electron chi connectivity index (χ4n) is 1.66. The number of carbonyl (C=O) groups excluding carboxylic acids is 1. The Morgan fingerprint density at radius 3 is 2.52 bits per heavy atom. The lowest BCUT2D eigenvalue weighted by Crippen LogP contribution is -2.13. The highest BCUT2D eigenvalue weighted by atomic mass is 35.5. The molecule has 0 aliphatic rings. The lowest BCUT2D eigenvalue weighted by Gasteiger charge is -2.10. The second-order valence-corrected chi connectivity index (χ2v) is 5.32. The van der Waals surface area contributed by atoms with Crippen molar-refractivity contribution in [2.24, 2.45) is 0 Å². The number of nitrogens with zero attached hydrogens (tertiary/aromatic N) is 1. The Hall–Kier alpha value is -1.93. The first-order chi connectivity index (χ1) is 9.92. The van der Waals surface area contributed by atoms with Gasteiger partial charge in [-0.1, -0.05) is 34.8 Å². The number of halogens is 3. The van der Waals surface area contributed by atoms with E-state index in [-0.39, 0.29) is 15.6 Å². The highest BCUT2D eigenvalue weighted by Crippen LogP contribution is 2.30. The van der Waals surface area contributed by atoms with Gasteiger partial charge in [0.1, 0.15) is 0 Å². The van der Waals surface area contributed by atoms with Crippen molar-refractivity contribution in [3.8, 4) is 6.07 Å². The van der Waals surface area contributed by atoms with Crippen LogP contribution in [0.2, 0.25) is 15.1 Å². The molecule has 0 heterocycles. The molecule has 2 aromatic carbocycles. The predicted molar refractivity (Wildman–Crippen MR) is 85.0 cm³/mol. The monoisotopic (exact) mass is 339 g/mol. The molecule has 0 atom stereocenters. The van der Waals surface area contributed by atoms with Gasteiger partial charge in [0, 0.05) is 5.69 Å². The number of hydrogen-bond donors (Lipinski definition) is 2. The fraction of sp³-hybridized carbons (Fsp3) is 0. The van der Waals surface area contributed by atoms with Crippen molar-refractivity contribution in [1.29, 1.82) is 5.26 Å². The number of hydrogen-bond acceptors (Lipinski definition) is 3. The average Bonchev–Trinajstić information content (AvgIpc) is 2.45. The van der Waals surface area contributed by atoms with Gasteiger partial charge in [-0.15, -0.1) is 0 Å². The zero-order chi connectivity index (χ0) is 15.6. The molecule has 0 bridgehead atoms. The number of carbonyl (C=O) groups is 1. The molecule has 0 spiro atoms. The predicted octanol–water partition coefficient (Wildman–Crippen LogP) is 4.35.